The summed E-state index contributed by atoms with van der Waals surface area (Å²) >= 11 is 0.569. The fourth-order valence-corrected chi connectivity index (χ4v) is 4.48. The van der Waals surface area contributed by atoms with Crippen molar-refractivity contribution < 1.29 is 27.8 Å². The fourth-order valence-electron chi connectivity index (χ4n) is 3.61. The molecule has 1 unspecified atom stereocenters. The summed E-state index contributed by atoms with van der Waals surface area (Å²) in [5.74, 6) is 0.905. The molecule has 1 aliphatic rings. The zero-order valence-corrected chi connectivity index (χ0v) is 18.7. The molecule has 0 saturated carbocycles. The number of benzene rings is 1. The van der Waals surface area contributed by atoms with E-state index in [4.69, 9.17) is 4.74 Å². The predicted octanol–water partition coefficient (Wildman–Crippen LogP) is 2.21. The second-order valence-corrected chi connectivity index (χ2v) is 8.74. The molecule has 0 radical (unpaired) electrons. The van der Waals surface area contributed by atoms with Gasteiger partial charge < -0.3 is 20.1 Å². The normalized spacial score (nSPS) is 15.7. The largest absolute Gasteiger partial charge is 0.473 e. The molecule has 34 heavy (non-hydrogen) atoms. The van der Waals surface area contributed by atoms with Gasteiger partial charge in [0.05, 0.1) is 19.2 Å². The number of nitrogens with zero attached hydrogens (tertiary/aromatic N) is 4. The second-order valence-electron chi connectivity index (χ2n) is 7.57. The van der Waals surface area contributed by atoms with Crippen LogP contribution >= 0.6 is 11.3 Å². The average molecular weight is 495 g/mol. The first kappa shape index (κ1) is 23.7. The maximum atomic E-state index is 12.9. The number of rotatable bonds is 7. The predicted molar refractivity (Wildman–Crippen MR) is 117 cm³/mol. The monoisotopic (exact) mass is 495 g/mol. The summed E-state index contributed by atoms with van der Waals surface area (Å²) in [6, 6.07) is 7.46. The highest BCUT2D eigenvalue weighted by Gasteiger charge is 2.32. The number of anilines is 1. The number of carbonyl (C=O) groups is 1. The van der Waals surface area contributed by atoms with Crippen molar-refractivity contribution in [3.63, 3.8) is 0 Å². The SMILES string of the molecule is Cc1nc(N2Cc3ccc(OCNC=O)cc3C(O)C2)nc(=O)n1Cc1ccc(C(F)(F)F)s1. The van der Waals surface area contributed by atoms with Gasteiger partial charge >= 0.3 is 11.9 Å². The number of nitrogens with one attached hydrogen (secondary N) is 1. The van der Waals surface area contributed by atoms with Gasteiger partial charge in [0.25, 0.3) is 0 Å². The maximum Gasteiger partial charge on any atom is 0.425 e. The van der Waals surface area contributed by atoms with Crippen LogP contribution in [0.4, 0.5) is 19.1 Å². The summed E-state index contributed by atoms with van der Waals surface area (Å²) in [5.41, 5.74) is 0.803. The Balaban J connectivity index is 1.53. The van der Waals surface area contributed by atoms with Crippen molar-refractivity contribution in [3.05, 3.63) is 67.5 Å². The molecule has 0 saturated heterocycles. The zero-order valence-electron chi connectivity index (χ0n) is 17.9. The Bertz CT molecular complexity index is 1260. The lowest BCUT2D eigenvalue weighted by Gasteiger charge is -2.32. The minimum Gasteiger partial charge on any atom is -0.473 e. The van der Waals surface area contributed by atoms with Gasteiger partial charge in [0, 0.05) is 11.4 Å². The molecule has 4 rings (SSSR count). The number of aliphatic hydroxyl groups excluding tert-OH is 1. The van der Waals surface area contributed by atoms with Crippen molar-refractivity contribution in [2.45, 2.75) is 32.3 Å². The van der Waals surface area contributed by atoms with Crippen LogP contribution < -0.4 is 20.6 Å². The molecular weight excluding hydrogens is 475 g/mol. The van der Waals surface area contributed by atoms with Crippen LogP contribution in [0.1, 0.15) is 32.8 Å². The van der Waals surface area contributed by atoms with E-state index < -0.39 is 22.8 Å². The number of hydrogen-bond acceptors (Lipinski definition) is 8. The van der Waals surface area contributed by atoms with Crippen LogP contribution in [0, 0.1) is 6.92 Å². The number of aryl methyl sites for hydroxylation is 1. The molecule has 0 fully saturated rings. The van der Waals surface area contributed by atoms with Gasteiger partial charge in [-0.1, -0.05) is 6.07 Å². The lowest BCUT2D eigenvalue weighted by molar-refractivity contribution is -0.134. The number of carbonyl (C=O) groups excluding carboxylic acids is 1. The quantitative estimate of drug-likeness (QED) is 0.294. The summed E-state index contributed by atoms with van der Waals surface area (Å²) in [4.78, 5) is 32.7. The third kappa shape index (κ3) is 5.04. The number of alkyl halides is 3. The Hall–Kier alpha value is -3.45. The Morgan fingerprint density at radius 2 is 2.09 bits per heavy atom. The molecule has 2 aromatic heterocycles. The highest BCUT2D eigenvalue weighted by Crippen LogP contribution is 2.35. The van der Waals surface area contributed by atoms with Crippen LogP contribution in [0.25, 0.3) is 0 Å². The van der Waals surface area contributed by atoms with Gasteiger partial charge in [0.2, 0.25) is 12.4 Å². The minimum absolute atomic E-state index is 0.00307. The molecule has 1 aliphatic heterocycles. The highest BCUT2D eigenvalue weighted by atomic mass is 32.1. The van der Waals surface area contributed by atoms with Gasteiger partial charge in [-0.05, 0) is 42.3 Å². The van der Waals surface area contributed by atoms with Crippen LogP contribution in [0.5, 0.6) is 5.75 Å². The summed E-state index contributed by atoms with van der Waals surface area (Å²) in [6.07, 6.45) is -4.82. The fraction of sp³-hybridized carbons (Fsp3) is 0.333. The molecule has 0 spiro atoms. The molecule has 0 aliphatic carbocycles. The second kappa shape index (κ2) is 9.43. The van der Waals surface area contributed by atoms with Gasteiger partial charge in [-0.25, -0.2) is 4.79 Å². The summed E-state index contributed by atoms with van der Waals surface area (Å²) in [7, 11) is 0. The number of hydrogen-bond donors (Lipinski definition) is 2. The molecule has 9 nitrogen and oxygen atoms in total. The van der Waals surface area contributed by atoms with Crippen LogP contribution in [-0.2, 0) is 24.1 Å². The van der Waals surface area contributed by atoms with E-state index in [2.05, 4.69) is 15.3 Å². The van der Waals surface area contributed by atoms with Crippen LogP contribution in [-0.4, -0.2) is 39.3 Å². The van der Waals surface area contributed by atoms with Crippen molar-refractivity contribution in [1.82, 2.24) is 19.9 Å². The number of fused-ring (bicyclic) bond motifs is 1. The number of halogens is 3. The van der Waals surface area contributed by atoms with E-state index in [0.29, 0.717) is 46.3 Å². The topological polar surface area (TPSA) is 110 Å². The third-order valence-electron chi connectivity index (χ3n) is 5.25. The van der Waals surface area contributed by atoms with E-state index in [1.807, 2.05) is 0 Å². The van der Waals surface area contributed by atoms with Gasteiger partial charge in [0.15, 0.2) is 6.73 Å². The zero-order chi connectivity index (χ0) is 24.5. The van der Waals surface area contributed by atoms with Gasteiger partial charge in [0.1, 0.15) is 16.5 Å². The molecule has 1 atom stereocenters. The van der Waals surface area contributed by atoms with Crippen molar-refractivity contribution in [2.24, 2.45) is 0 Å². The molecule has 2 N–H and O–H groups in total. The Morgan fingerprint density at radius 3 is 2.76 bits per heavy atom. The molecule has 1 amide bonds. The lowest BCUT2D eigenvalue weighted by atomic mass is 9.97. The van der Waals surface area contributed by atoms with E-state index in [-0.39, 0.29) is 25.8 Å². The van der Waals surface area contributed by atoms with Crippen LogP contribution in [0.3, 0.4) is 0 Å². The number of aliphatic hydroxyl groups is 1. The summed E-state index contributed by atoms with van der Waals surface area (Å²) in [5, 5.41) is 13.0. The van der Waals surface area contributed by atoms with Crippen molar-refractivity contribution in [3.8, 4) is 5.75 Å². The Labute approximate surface area is 195 Å². The van der Waals surface area contributed by atoms with Crippen LogP contribution in [0.2, 0.25) is 0 Å². The van der Waals surface area contributed by atoms with Crippen molar-refractivity contribution in [1.29, 1.82) is 0 Å². The number of thiophene rings is 1. The molecular formula is C21H20F3N5O4S. The molecule has 3 aromatic rings. The maximum absolute atomic E-state index is 12.9. The van der Waals surface area contributed by atoms with Crippen molar-refractivity contribution in [2.75, 3.05) is 18.2 Å². The minimum atomic E-state index is -4.44. The average Bonchev–Trinajstić information content (AvgIpc) is 3.26. The van der Waals surface area contributed by atoms with E-state index in [9.17, 15) is 27.9 Å². The standard InChI is InChI=1S/C21H20F3N5O4S/c1-12-26-19(27-20(32)29(12)8-15-4-5-18(34-15)21(22,23)24)28-7-13-2-3-14(33-11-25-10-30)6-16(13)17(31)9-28/h2-6,10,17,31H,7-9,11H2,1H3,(H,25,30). The smallest absolute Gasteiger partial charge is 0.425 e. The van der Waals surface area contributed by atoms with Crippen molar-refractivity contribution >= 4 is 23.7 Å². The number of ether oxygens (including phenoxy) is 1. The number of β-amino-alcohol motifs (C(OH)–C–C–N with tert-alkyl or cyclic N) is 1. The lowest BCUT2D eigenvalue weighted by Crippen LogP contribution is -2.38. The molecule has 3 heterocycles. The van der Waals surface area contributed by atoms with Gasteiger partial charge in [-0.15, -0.1) is 11.3 Å². The molecule has 0 bridgehead atoms. The van der Waals surface area contributed by atoms with Gasteiger partial charge in [-0.2, -0.15) is 23.1 Å². The first-order valence-electron chi connectivity index (χ1n) is 10.1. The van der Waals surface area contributed by atoms with E-state index >= 15 is 0 Å². The molecule has 13 heteroatoms. The van der Waals surface area contributed by atoms with E-state index in [0.717, 1.165) is 11.6 Å². The molecule has 1 aromatic carbocycles. The highest BCUT2D eigenvalue weighted by molar-refractivity contribution is 7.12. The van der Waals surface area contributed by atoms with Crippen LogP contribution in [0.15, 0.2) is 35.1 Å². The van der Waals surface area contributed by atoms with E-state index in [1.165, 1.54) is 10.6 Å². The first-order valence-corrected chi connectivity index (χ1v) is 10.9. The first-order chi connectivity index (χ1) is 16.2. The van der Waals surface area contributed by atoms with Gasteiger partial charge in [-0.3, -0.25) is 9.36 Å². The van der Waals surface area contributed by atoms with E-state index in [1.54, 1.807) is 30.0 Å². The summed E-state index contributed by atoms with van der Waals surface area (Å²) in [6.45, 7) is 1.97. The Kier molecular flexibility index (Phi) is 6.57. The number of amides is 1. The number of aromatic nitrogens is 3. The third-order valence-corrected chi connectivity index (χ3v) is 6.37. The Morgan fingerprint density at radius 1 is 1.29 bits per heavy atom. The molecule has 180 valence electrons. The summed E-state index contributed by atoms with van der Waals surface area (Å²) < 4.78 is 45.2.